The maximum atomic E-state index is 10.6. The van der Waals surface area contributed by atoms with Crippen molar-refractivity contribution in [2.24, 2.45) is 5.41 Å². The van der Waals surface area contributed by atoms with Gasteiger partial charge in [-0.1, -0.05) is 13.8 Å². The van der Waals surface area contributed by atoms with Crippen LogP contribution in [0.25, 0.3) is 0 Å². The predicted octanol–water partition coefficient (Wildman–Crippen LogP) is 1.21. The summed E-state index contributed by atoms with van der Waals surface area (Å²) in [5, 5.41) is 20.8. The molecule has 5 nitrogen and oxygen atoms in total. The molecule has 0 fully saturated rings. The van der Waals surface area contributed by atoms with E-state index in [2.05, 4.69) is 10.3 Å². The molecule has 1 rings (SSSR count). The van der Waals surface area contributed by atoms with Gasteiger partial charge in [0.2, 0.25) is 0 Å². The zero-order valence-electron chi connectivity index (χ0n) is 9.40. The van der Waals surface area contributed by atoms with E-state index < -0.39 is 5.97 Å². The monoisotopic (exact) mass is 224 g/mol. The van der Waals surface area contributed by atoms with Crippen LogP contribution in [-0.4, -0.2) is 34.3 Å². The number of rotatable bonds is 5. The topological polar surface area (TPSA) is 82.5 Å². The summed E-state index contributed by atoms with van der Waals surface area (Å²) in [7, 11) is 0. The summed E-state index contributed by atoms with van der Waals surface area (Å²) < 4.78 is 0. The van der Waals surface area contributed by atoms with Crippen molar-refractivity contribution in [2.45, 2.75) is 13.8 Å². The largest absolute Gasteiger partial charge is 0.478 e. The van der Waals surface area contributed by atoms with E-state index in [-0.39, 0.29) is 17.6 Å². The first-order valence-electron chi connectivity index (χ1n) is 4.99. The van der Waals surface area contributed by atoms with Crippen molar-refractivity contribution in [3.63, 3.8) is 0 Å². The van der Waals surface area contributed by atoms with Crippen LogP contribution in [0.2, 0.25) is 0 Å². The number of carboxylic acids is 1. The number of aromatic nitrogens is 1. The zero-order valence-corrected chi connectivity index (χ0v) is 9.40. The number of aliphatic hydroxyl groups excluding tert-OH is 1. The van der Waals surface area contributed by atoms with Crippen molar-refractivity contribution in [2.75, 3.05) is 18.5 Å². The molecule has 0 saturated carbocycles. The first kappa shape index (κ1) is 12.4. The molecule has 0 spiro atoms. The van der Waals surface area contributed by atoms with E-state index in [1.54, 1.807) is 6.07 Å². The molecule has 0 aromatic carbocycles. The Hall–Kier alpha value is -1.62. The third kappa shape index (κ3) is 3.51. The summed E-state index contributed by atoms with van der Waals surface area (Å²) in [6, 6.07) is 3.10. The van der Waals surface area contributed by atoms with Crippen LogP contribution in [0.1, 0.15) is 24.2 Å². The molecule has 16 heavy (non-hydrogen) atoms. The molecule has 88 valence electrons. The molecular weight excluding hydrogens is 208 g/mol. The standard InChI is InChI=1S/C11H16N2O3/c1-11(2,7-14)6-13-9-4-3-8(5-12-9)10(15)16/h3-5,14H,6-7H2,1-2H3,(H,12,13)(H,15,16). The summed E-state index contributed by atoms with van der Waals surface area (Å²) >= 11 is 0. The number of hydrogen-bond donors (Lipinski definition) is 3. The van der Waals surface area contributed by atoms with Crippen molar-refractivity contribution in [3.8, 4) is 0 Å². The van der Waals surface area contributed by atoms with E-state index in [4.69, 9.17) is 10.2 Å². The Balaban J connectivity index is 2.59. The van der Waals surface area contributed by atoms with Gasteiger partial charge < -0.3 is 15.5 Å². The lowest BCUT2D eigenvalue weighted by atomic mass is 9.95. The molecule has 1 heterocycles. The number of pyridine rings is 1. The highest BCUT2D eigenvalue weighted by Gasteiger charge is 2.16. The first-order valence-corrected chi connectivity index (χ1v) is 4.99. The van der Waals surface area contributed by atoms with E-state index in [0.29, 0.717) is 12.4 Å². The molecule has 0 saturated heterocycles. The third-order valence-electron chi connectivity index (χ3n) is 2.19. The van der Waals surface area contributed by atoms with E-state index in [1.807, 2.05) is 13.8 Å². The summed E-state index contributed by atoms with van der Waals surface area (Å²) in [6.07, 6.45) is 1.30. The number of nitrogens with zero attached hydrogens (tertiary/aromatic N) is 1. The molecule has 1 aromatic heterocycles. The lowest BCUT2D eigenvalue weighted by Gasteiger charge is -2.22. The third-order valence-corrected chi connectivity index (χ3v) is 2.19. The summed E-state index contributed by atoms with van der Waals surface area (Å²) in [4.78, 5) is 14.5. The average molecular weight is 224 g/mol. The van der Waals surface area contributed by atoms with Crippen molar-refractivity contribution in [1.29, 1.82) is 0 Å². The van der Waals surface area contributed by atoms with Crippen molar-refractivity contribution < 1.29 is 15.0 Å². The summed E-state index contributed by atoms with van der Waals surface area (Å²) in [6.45, 7) is 4.49. The minimum atomic E-state index is -0.991. The van der Waals surface area contributed by atoms with Crippen molar-refractivity contribution >= 4 is 11.8 Å². The number of carbonyl (C=O) groups is 1. The molecular formula is C11H16N2O3. The van der Waals surface area contributed by atoms with Gasteiger partial charge in [0.25, 0.3) is 0 Å². The highest BCUT2D eigenvalue weighted by atomic mass is 16.4. The van der Waals surface area contributed by atoms with Gasteiger partial charge >= 0.3 is 5.97 Å². The Bertz CT molecular complexity index is 360. The van der Waals surface area contributed by atoms with Crippen LogP contribution in [0.4, 0.5) is 5.82 Å². The Kier molecular flexibility index (Phi) is 3.84. The number of hydrogen-bond acceptors (Lipinski definition) is 4. The minimum absolute atomic E-state index is 0.0766. The van der Waals surface area contributed by atoms with Crippen LogP contribution in [0.15, 0.2) is 18.3 Å². The van der Waals surface area contributed by atoms with Gasteiger partial charge in [-0.3, -0.25) is 0 Å². The van der Waals surface area contributed by atoms with Crippen LogP contribution in [0.5, 0.6) is 0 Å². The molecule has 1 aromatic rings. The number of aliphatic hydroxyl groups is 1. The smallest absolute Gasteiger partial charge is 0.337 e. The summed E-state index contributed by atoms with van der Waals surface area (Å²) in [5.74, 6) is -0.388. The van der Waals surface area contributed by atoms with E-state index in [0.717, 1.165) is 0 Å². The van der Waals surface area contributed by atoms with Crippen LogP contribution in [-0.2, 0) is 0 Å². The lowest BCUT2D eigenvalue weighted by Crippen LogP contribution is -2.27. The first-order chi connectivity index (χ1) is 7.44. The van der Waals surface area contributed by atoms with Gasteiger partial charge in [-0.05, 0) is 12.1 Å². The summed E-state index contributed by atoms with van der Waals surface area (Å²) in [5.41, 5.74) is -0.0698. The van der Waals surface area contributed by atoms with E-state index >= 15 is 0 Å². The second-order valence-corrected chi connectivity index (χ2v) is 4.41. The van der Waals surface area contributed by atoms with Gasteiger partial charge in [-0.25, -0.2) is 9.78 Å². The lowest BCUT2D eigenvalue weighted by molar-refractivity contribution is 0.0696. The second-order valence-electron chi connectivity index (χ2n) is 4.41. The Morgan fingerprint density at radius 2 is 2.19 bits per heavy atom. The van der Waals surface area contributed by atoms with Gasteiger partial charge in [-0.15, -0.1) is 0 Å². The SMILES string of the molecule is CC(C)(CO)CNc1ccc(C(=O)O)cn1. The number of aromatic carboxylic acids is 1. The molecule has 0 bridgehead atoms. The van der Waals surface area contributed by atoms with Crippen molar-refractivity contribution in [1.82, 2.24) is 4.98 Å². The van der Waals surface area contributed by atoms with E-state index in [1.165, 1.54) is 12.3 Å². The van der Waals surface area contributed by atoms with Gasteiger partial charge in [0, 0.05) is 24.8 Å². The maximum absolute atomic E-state index is 10.6. The fourth-order valence-corrected chi connectivity index (χ4v) is 1.01. The molecule has 3 N–H and O–H groups in total. The highest BCUT2D eigenvalue weighted by molar-refractivity contribution is 5.87. The number of carboxylic acid groups (broad SMARTS) is 1. The van der Waals surface area contributed by atoms with Crippen LogP contribution < -0.4 is 5.32 Å². The Labute approximate surface area is 94.1 Å². The quantitative estimate of drug-likeness (QED) is 0.700. The van der Waals surface area contributed by atoms with Gasteiger partial charge in [0.05, 0.1) is 5.56 Å². The molecule has 0 unspecified atom stereocenters. The molecule has 0 aliphatic carbocycles. The second kappa shape index (κ2) is 4.94. The van der Waals surface area contributed by atoms with Gasteiger partial charge in [0.1, 0.15) is 5.82 Å². The fourth-order valence-electron chi connectivity index (χ4n) is 1.01. The Morgan fingerprint density at radius 1 is 1.50 bits per heavy atom. The number of nitrogens with one attached hydrogen (secondary N) is 1. The van der Waals surface area contributed by atoms with E-state index in [9.17, 15) is 4.79 Å². The zero-order chi connectivity index (χ0) is 12.2. The molecule has 0 amide bonds. The number of anilines is 1. The van der Waals surface area contributed by atoms with Crippen molar-refractivity contribution in [3.05, 3.63) is 23.9 Å². The predicted molar refractivity (Wildman–Crippen MR) is 60.6 cm³/mol. The highest BCUT2D eigenvalue weighted by Crippen LogP contribution is 2.14. The Morgan fingerprint density at radius 3 is 2.62 bits per heavy atom. The molecule has 5 heteroatoms. The molecule has 0 aliphatic rings. The van der Waals surface area contributed by atoms with Crippen LogP contribution >= 0.6 is 0 Å². The minimum Gasteiger partial charge on any atom is -0.478 e. The average Bonchev–Trinajstić information content (AvgIpc) is 2.27. The molecule has 0 radical (unpaired) electrons. The van der Waals surface area contributed by atoms with Gasteiger partial charge in [-0.2, -0.15) is 0 Å². The van der Waals surface area contributed by atoms with Crippen LogP contribution in [0.3, 0.4) is 0 Å². The van der Waals surface area contributed by atoms with Gasteiger partial charge in [0.15, 0.2) is 0 Å². The maximum Gasteiger partial charge on any atom is 0.337 e. The molecule has 0 atom stereocenters. The molecule has 0 aliphatic heterocycles. The van der Waals surface area contributed by atoms with Crippen LogP contribution in [0, 0.1) is 5.41 Å². The fraction of sp³-hybridized carbons (Fsp3) is 0.455. The normalized spacial score (nSPS) is 11.2.